The topological polar surface area (TPSA) is 91.1 Å². The summed E-state index contributed by atoms with van der Waals surface area (Å²) in [5.74, 6) is -0.179. The number of hydrogen-bond donors (Lipinski definition) is 0. The number of rotatable bonds is 4. The zero-order chi connectivity index (χ0) is 23.0. The van der Waals surface area contributed by atoms with Gasteiger partial charge in [0, 0.05) is 38.3 Å². The van der Waals surface area contributed by atoms with E-state index in [1.54, 1.807) is 40.1 Å². The highest BCUT2D eigenvalue weighted by Gasteiger charge is 2.32. The molecule has 3 aromatic rings. The van der Waals surface area contributed by atoms with Gasteiger partial charge in [-0.3, -0.25) is 13.9 Å². The maximum atomic E-state index is 13.3. The number of carbonyl (C=O) groups excluding carboxylic acids is 2. The fourth-order valence-corrected chi connectivity index (χ4v) is 5.88. The van der Waals surface area contributed by atoms with Crippen LogP contribution in [0.5, 0.6) is 0 Å². The number of sulfonamides is 1. The van der Waals surface area contributed by atoms with Crippen molar-refractivity contribution in [1.82, 2.24) is 9.80 Å². The number of piperazine rings is 1. The van der Waals surface area contributed by atoms with Gasteiger partial charge in [-0.05, 0) is 48.4 Å². The van der Waals surface area contributed by atoms with Gasteiger partial charge in [0.15, 0.2) is 5.76 Å². The normalized spacial score (nSPS) is 16.1. The molecule has 0 unspecified atom stereocenters. The quantitative estimate of drug-likeness (QED) is 0.591. The standard InChI is InChI=1S/C24H23N3O5S/c28-23(25-12-14-26(15-13-25)24(29)22-9-4-16-32-22)19-6-3-7-20(17-19)33(30,31)27-11-10-18-5-1-2-8-21(18)27/h1-9,16-17H,10-15H2. The Morgan fingerprint density at radius 3 is 2.24 bits per heavy atom. The summed E-state index contributed by atoms with van der Waals surface area (Å²) in [7, 11) is -3.78. The largest absolute Gasteiger partial charge is 0.459 e. The van der Waals surface area contributed by atoms with Crippen molar-refractivity contribution in [1.29, 1.82) is 0 Å². The highest BCUT2D eigenvalue weighted by Crippen LogP contribution is 2.32. The molecule has 2 amide bonds. The zero-order valence-corrected chi connectivity index (χ0v) is 18.7. The minimum absolute atomic E-state index is 0.0942. The summed E-state index contributed by atoms with van der Waals surface area (Å²) in [6.45, 7) is 1.87. The van der Waals surface area contributed by atoms with Crippen LogP contribution >= 0.6 is 0 Å². The third-order valence-corrected chi connectivity index (χ3v) is 7.91. The number of hydrogen-bond acceptors (Lipinski definition) is 5. The zero-order valence-electron chi connectivity index (χ0n) is 17.9. The molecule has 0 saturated carbocycles. The highest BCUT2D eigenvalue weighted by molar-refractivity contribution is 7.92. The minimum atomic E-state index is -3.78. The second kappa shape index (κ2) is 8.40. The maximum absolute atomic E-state index is 13.3. The van der Waals surface area contributed by atoms with Crippen molar-refractivity contribution in [2.24, 2.45) is 0 Å². The molecule has 33 heavy (non-hydrogen) atoms. The molecule has 9 heteroatoms. The Labute approximate surface area is 192 Å². The Balaban J connectivity index is 1.31. The number of benzene rings is 2. The summed E-state index contributed by atoms with van der Waals surface area (Å²) in [6.07, 6.45) is 2.11. The first-order chi connectivity index (χ1) is 15.9. The van der Waals surface area contributed by atoms with E-state index in [1.165, 1.54) is 22.7 Å². The molecule has 0 aliphatic carbocycles. The van der Waals surface area contributed by atoms with E-state index in [-0.39, 0.29) is 22.5 Å². The van der Waals surface area contributed by atoms with Gasteiger partial charge in [0.1, 0.15) is 0 Å². The van der Waals surface area contributed by atoms with E-state index >= 15 is 0 Å². The first-order valence-electron chi connectivity index (χ1n) is 10.8. The van der Waals surface area contributed by atoms with E-state index in [0.29, 0.717) is 50.4 Å². The van der Waals surface area contributed by atoms with Crippen molar-refractivity contribution in [2.45, 2.75) is 11.3 Å². The Morgan fingerprint density at radius 1 is 0.788 bits per heavy atom. The smallest absolute Gasteiger partial charge is 0.289 e. The highest BCUT2D eigenvalue weighted by atomic mass is 32.2. The fourth-order valence-electron chi connectivity index (χ4n) is 4.33. The summed E-state index contributed by atoms with van der Waals surface area (Å²) in [6, 6.07) is 16.9. The van der Waals surface area contributed by atoms with Crippen LogP contribution in [0.2, 0.25) is 0 Å². The lowest BCUT2D eigenvalue weighted by molar-refractivity contribution is 0.0518. The second-order valence-electron chi connectivity index (χ2n) is 8.05. The summed E-state index contributed by atoms with van der Waals surface area (Å²) in [5, 5.41) is 0. The van der Waals surface area contributed by atoms with Crippen LogP contribution in [0.25, 0.3) is 0 Å². The molecule has 2 aliphatic rings. The molecule has 2 aromatic carbocycles. The molecular weight excluding hydrogens is 442 g/mol. The van der Waals surface area contributed by atoms with Gasteiger partial charge >= 0.3 is 0 Å². The Morgan fingerprint density at radius 2 is 1.52 bits per heavy atom. The lowest BCUT2D eigenvalue weighted by Gasteiger charge is -2.34. The van der Waals surface area contributed by atoms with Crippen LogP contribution in [0, 0.1) is 0 Å². The van der Waals surface area contributed by atoms with E-state index in [1.807, 2.05) is 18.2 Å². The van der Waals surface area contributed by atoms with Crippen LogP contribution in [0.15, 0.2) is 76.2 Å². The second-order valence-corrected chi connectivity index (χ2v) is 9.91. The molecule has 8 nitrogen and oxygen atoms in total. The van der Waals surface area contributed by atoms with Crippen LogP contribution in [0.3, 0.4) is 0 Å². The molecule has 1 fully saturated rings. The lowest BCUT2D eigenvalue weighted by Crippen LogP contribution is -2.50. The molecular formula is C24H23N3O5S. The molecule has 170 valence electrons. The molecule has 1 aromatic heterocycles. The lowest BCUT2D eigenvalue weighted by atomic mass is 10.2. The minimum Gasteiger partial charge on any atom is -0.459 e. The van der Waals surface area contributed by atoms with Gasteiger partial charge in [0.25, 0.3) is 21.8 Å². The van der Waals surface area contributed by atoms with Gasteiger partial charge in [0.2, 0.25) is 0 Å². The van der Waals surface area contributed by atoms with Crippen molar-refractivity contribution in [3.8, 4) is 0 Å². The van der Waals surface area contributed by atoms with Crippen LogP contribution in [0.4, 0.5) is 5.69 Å². The van der Waals surface area contributed by atoms with Crippen molar-refractivity contribution in [3.05, 3.63) is 83.8 Å². The first kappa shape index (κ1) is 21.3. The number of fused-ring (bicyclic) bond motifs is 1. The molecule has 0 radical (unpaired) electrons. The van der Waals surface area contributed by atoms with Crippen molar-refractivity contribution >= 4 is 27.5 Å². The summed E-state index contributed by atoms with van der Waals surface area (Å²) >= 11 is 0. The van der Waals surface area contributed by atoms with Crippen molar-refractivity contribution in [3.63, 3.8) is 0 Å². The van der Waals surface area contributed by atoms with E-state index in [0.717, 1.165) is 5.56 Å². The molecule has 5 rings (SSSR count). The summed E-state index contributed by atoms with van der Waals surface area (Å²) < 4.78 is 33.2. The van der Waals surface area contributed by atoms with Gasteiger partial charge in [0.05, 0.1) is 16.8 Å². The van der Waals surface area contributed by atoms with E-state index in [4.69, 9.17) is 4.42 Å². The third-order valence-electron chi connectivity index (χ3n) is 6.10. The van der Waals surface area contributed by atoms with Crippen LogP contribution < -0.4 is 4.31 Å². The molecule has 1 saturated heterocycles. The predicted octanol–water partition coefficient (Wildman–Crippen LogP) is 2.63. The molecule has 0 spiro atoms. The monoisotopic (exact) mass is 465 g/mol. The third kappa shape index (κ3) is 3.89. The Bertz CT molecular complexity index is 1300. The average Bonchev–Trinajstić information content (AvgIpc) is 3.54. The van der Waals surface area contributed by atoms with E-state index < -0.39 is 10.0 Å². The first-order valence-corrected chi connectivity index (χ1v) is 12.2. The van der Waals surface area contributed by atoms with E-state index in [2.05, 4.69) is 0 Å². The predicted molar refractivity (Wildman–Crippen MR) is 122 cm³/mol. The summed E-state index contributed by atoms with van der Waals surface area (Å²) in [4.78, 5) is 28.9. The summed E-state index contributed by atoms with van der Waals surface area (Å²) in [5.41, 5.74) is 2.00. The molecule has 2 aliphatic heterocycles. The van der Waals surface area contributed by atoms with Gasteiger partial charge in [-0.25, -0.2) is 8.42 Å². The Kier molecular flexibility index (Phi) is 5.41. The molecule has 0 atom stereocenters. The van der Waals surface area contributed by atoms with Crippen LogP contribution in [-0.4, -0.2) is 62.8 Å². The molecule has 0 N–H and O–H groups in total. The van der Waals surface area contributed by atoms with Gasteiger partial charge in [-0.1, -0.05) is 24.3 Å². The van der Waals surface area contributed by atoms with Crippen LogP contribution in [0.1, 0.15) is 26.5 Å². The molecule has 0 bridgehead atoms. The number of carbonyl (C=O) groups is 2. The van der Waals surface area contributed by atoms with Gasteiger partial charge in [-0.15, -0.1) is 0 Å². The molecule has 3 heterocycles. The number of nitrogens with zero attached hydrogens (tertiary/aromatic N) is 3. The number of para-hydroxylation sites is 1. The number of furan rings is 1. The van der Waals surface area contributed by atoms with Crippen LogP contribution in [-0.2, 0) is 16.4 Å². The van der Waals surface area contributed by atoms with Crippen molar-refractivity contribution < 1.29 is 22.4 Å². The van der Waals surface area contributed by atoms with Gasteiger partial charge < -0.3 is 14.2 Å². The van der Waals surface area contributed by atoms with Gasteiger partial charge in [-0.2, -0.15) is 0 Å². The fraction of sp³-hybridized carbons (Fsp3) is 0.250. The number of amides is 2. The SMILES string of the molecule is O=C(c1cccc(S(=O)(=O)N2CCc3ccccc32)c1)N1CCN(C(=O)c2ccco2)CC1. The number of anilines is 1. The van der Waals surface area contributed by atoms with Crippen molar-refractivity contribution in [2.75, 3.05) is 37.0 Å². The average molecular weight is 466 g/mol. The Hall–Kier alpha value is -3.59. The maximum Gasteiger partial charge on any atom is 0.289 e. The van der Waals surface area contributed by atoms with E-state index in [9.17, 15) is 18.0 Å².